The number of carbonyl (C=O) groups is 4. The minimum Gasteiger partial charge on any atom is -0.348 e. The summed E-state index contributed by atoms with van der Waals surface area (Å²) in [6.07, 6.45) is 4.09. The second-order valence-corrected chi connectivity index (χ2v) is 10.7. The van der Waals surface area contributed by atoms with E-state index in [1.54, 1.807) is 26.1 Å². The largest absolute Gasteiger partial charge is 0.348 e. The molecule has 2 aliphatic rings. The smallest absolute Gasteiger partial charge is 0.278 e. The van der Waals surface area contributed by atoms with Crippen molar-refractivity contribution in [2.45, 2.75) is 63.7 Å². The van der Waals surface area contributed by atoms with Crippen molar-refractivity contribution in [3.8, 4) is 11.4 Å². The lowest BCUT2D eigenvalue weighted by Gasteiger charge is -2.29. The Labute approximate surface area is 243 Å². The number of likely N-dealkylation sites (N-methyl/N-ethyl adjacent to an activating group) is 1. The maximum atomic E-state index is 13.5. The topological polar surface area (TPSA) is 151 Å². The van der Waals surface area contributed by atoms with E-state index in [2.05, 4.69) is 26.3 Å². The lowest BCUT2D eigenvalue weighted by molar-refractivity contribution is -0.135. The molecule has 0 bridgehead atoms. The van der Waals surface area contributed by atoms with Gasteiger partial charge in [0.05, 0.1) is 30.7 Å². The van der Waals surface area contributed by atoms with Gasteiger partial charge < -0.3 is 21.3 Å². The first-order valence-electron chi connectivity index (χ1n) is 14.1. The number of nitrogens with one attached hydrogen (secondary N) is 4. The van der Waals surface area contributed by atoms with Crippen molar-refractivity contribution < 1.29 is 19.2 Å². The molecular weight excluding hydrogens is 536 g/mol. The van der Waals surface area contributed by atoms with Gasteiger partial charge in [0, 0.05) is 12.0 Å². The molecule has 3 aromatic rings. The molecule has 1 aliphatic carbocycles. The fourth-order valence-corrected chi connectivity index (χ4v) is 5.40. The second-order valence-electron chi connectivity index (χ2n) is 10.7. The highest BCUT2D eigenvalue weighted by molar-refractivity contribution is 5.99. The van der Waals surface area contributed by atoms with Gasteiger partial charge in [-0.15, -0.1) is 0 Å². The second kappa shape index (κ2) is 12.5. The summed E-state index contributed by atoms with van der Waals surface area (Å²) >= 11 is 0. The number of benzene rings is 2. The maximum absolute atomic E-state index is 13.5. The average Bonchev–Trinajstić information content (AvgIpc) is 2.98. The molecule has 0 spiro atoms. The summed E-state index contributed by atoms with van der Waals surface area (Å²) in [5, 5.41) is 11.2. The van der Waals surface area contributed by atoms with E-state index in [1.807, 2.05) is 36.4 Å². The van der Waals surface area contributed by atoms with Gasteiger partial charge in [-0.05, 0) is 49.9 Å². The van der Waals surface area contributed by atoms with Gasteiger partial charge in [0.25, 0.3) is 5.56 Å². The highest BCUT2D eigenvalue weighted by Crippen LogP contribution is 2.32. The zero-order valence-corrected chi connectivity index (χ0v) is 23.6. The zero-order chi connectivity index (χ0) is 29.8. The summed E-state index contributed by atoms with van der Waals surface area (Å²) in [6, 6.07) is 13.6. The molecule has 2 heterocycles. The van der Waals surface area contributed by atoms with Crippen molar-refractivity contribution in [2.75, 3.05) is 12.4 Å². The standard InChI is InChI=1S/C31H34N6O5/c1-18(32-2)30(41)36-25-16-33-29(19-8-4-3-5-9-19)37(31(25)42)17-28(40)34-23-13-7-11-21-20(10-6-12-22(21)23)14-26(38)24-15-27(39)35-24/h3-6,8-10,12,16,18,23-24,32H,7,11,13-15,17H2,1-2H3,(H,34,40)(H,35,39)(H,36,41)/t18-,23?,24?/m0/s1. The molecule has 1 fully saturated rings. The molecule has 2 aromatic carbocycles. The number of hydrogen-bond acceptors (Lipinski definition) is 7. The Balaban J connectivity index is 1.38. The lowest BCUT2D eigenvalue weighted by atomic mass is 9.83. The summed E-state index contributed by atoms with van der Waals surface area (Å²) in [7, 11) is 1.64. The Morgan fingerprint density at radius 1 is 1.10 bits per heavy atom. The highest BCUT2D eigenvalue weighted by atomic mass is 16.2. The summed E-state index contributed by atoms with van der Waals surface area (Å²) < 4.78 is 1.27. The van der Waals surface area contributed by atoms with Crippen LogP contribution >= 0.6 is 0 Å². The number of β-lactam (4-membered cyclic amide) rings is 1. The van der Waals surface area contributed by atoms with Gasteiger partial charge in [-0.1, -0.05) is 48.5 Å². The van der Waals surface area contributed by atoms with Crippen molar-refractivity contribution >= 4 is 29.2 Å². The van der Waals surface area contributed by atoms with Crippen LogP contribution in [0.25, 0.3) is 11.4 Å². The number of amides is 3. The fraction of sp³-hybridized carbons (Fsp3) is 0.355. The van der Waals surface area contributed by atoms with Crippen LogP contribution in [0.2, 0.25) is 0 Å². The summed E-state index contributed by atoms with van der Waals surface area (Å²) in [5.74, 6) is -0.599. The Morgan fingerprint density at radius 3 is 2.57 bits per heavy atom. The van der Waals surface area contributed by atoms with E-state index >= 15 is 0 Å². The third-order valence-corrected chi connectivity index (χ3v) is 7.88. The minimum absolute atomic E-state index is 0.0189. The lowest BCUT2D eigenvalue weighted by Crippen LogP contribution is -2.53. The normalized spacial score (nSPS) is 18.2. The number of carbonyl (C=O) groups excluding carboxylic acids is 4. The molecule has 1 aromatic heterocycles. The van der Waals surface area contributed by atoms with Gasteiger partial charge in [-0.3, -0.25) is 28.5 Å². The Morgan fingerprint density at radius 2 is 1.86 bits per heavy atom. The average molecular weight is 571 g/mol. The number of anilines is 1. The third-order valence-electron chi connectivity index (χ3n) is 7.88. The van der Waals surface area contributed by atoms with Gasteiger partial charge >= 0.3 is 0 Å². The van der Waals surface area contributed by atoms with E-state index in [0.717, 1.165) is 29.5 Å². The molecule has 218 valence electrons. The Hall–Kier alpha value is -4.64. The van der Waals surface area contributed by atoms with Crippen LogP contribution in [-0.2, 0) is 38.6 Å². The molecule has 3 atom stereocenters. The monoisotopic (exact) mass is 570 g/mol. The van der Waals surface area contributed by atoms with Crippen LogP contribution in [0.4, 0.5) is 5.69 Å². The first-order valence-corrected chi connectivity index (χ1v) is 14.1. The van der Waals surface area contributed by atoms with Crippen LogP contribution < -0.4 is 26.8 Å². The van der Waals surface area contributed by atoms with Gasteiger partial charge in [0.1, 0.15) is 18.1 Å². The molecule has 3 amide bonds. The zero-order valence-electron chi connectivity index (χ0n) is 23.6. The van der Waals surface area contributed by atoms with Crippen LogP contribution in [0.5, 0.6) is 0 Å². The number of nitrogens with zero attached hydrogens (tertiary/aromatic N) is 2. The number of rotatable bonds is 10. The van der Waals surface area contributed by atoms with Crippen molar-refractivity contribution in [1.29, 1.82) is 0 Å². The molecule has 1 saturated heterocycles. The van der Waals surface area contributed by atoms with Crippen LogP contribution in [0, 0.1) is 0 Å². The minimum atomic E-state index is -0.538. The molecule has 11 nitrogen and oxygen atoms in total. The Bertz CT molecular complexity index is 1580. The molecule has 5 rings (SSSR count). The summed E-state index contributed by atoms with van der Waals surface area (Å²) in [4.78, 5) is 67.8. The molecule has 2 unspecified atom stereocenters. The van der Waals surface area contributed by atoms with E-state index < -0.39 is 23.6 Å². The van der Waals surface area contributed by atoms with E-state index in [-0.39, 0.29) is 48.7 Å². The Kier molecular flexibility index (Phi) is 8.58. The molecular formula is C31H34N6O5. The van der Waals surface area contributed by atoms with Crippen molar-refractivity contribution in [3.05, 3.63) is 81.8 Å². The van der Waals surface area contributed by atoms with Crippen molar-refractivity contribution in [3.63, 3.8) is 0 Å². The molecule has 0 radical (unpaired) electrons. The van der Waals surface area contributed by atoms with Crippen LogP contribution in [0.3, 0.4) is 0 Å². The van der Waals surface area contributed by atoms with E-state index in [4.69, 9.17) is 0 Å². The van der Waals surface area contributed by atoms with Gasteiger partial charge in [-0.2, -0.15) is 0 Å². The predicted molar refractivity (Wildman–Crippen MR) is 157 cm³/mol. The van der Waals surface area contributed by atoms with Crippen LogP contribution in [0.15, 0.2) is 59.5 Å². The van der Waals surface area contributed by atoms with Gasteiger partial charge in [0.2, 0.25) is 17.7 Å². The molecule has 4 N–H and O–H groups in total. The SMILES string of the molecule is CN[C@@H](C)C(=O)Nc1cnc(-c2ccccc2)n(CC(=O)NC2CCCc3c(CC(=O)C4CC(=O)N4)cccc32)c1=O. The molecule has 42 heavy (non-hydrogen) atoms. The van der Waals surface area contributed by atoms with E-state index in [0.29, 0.717) is 17.8 Å². The summed E-state index contributed by atoms with van der Waals surface area (Å²) in [6.45, 7) is 1.37. The molecule has 1 aliphatic heterocycles. The number of aromatic nitrogens is 2. The van der Waals surface area contributed by atoms with E-state index in [9.17, 15) is 24.0 Å². The summed E-state index contributed by atoms with van der Waals surface area (Å²) in [5.41, 5.74) is 3.00. The van der Waals surface area contributed by atoms with Crippen LogP contribution in [0.1, 0.15) is 48.9 Å². The number of Topliss-reactive ketones (excluding diaryl/α,β-unsaturated/α-hetero) is 1. The van der Waals surface area contributed by atoms with E-state index in [1.165, 1.54) is 10.8 Å². The first kappa shape index (κ1) is 28.9. The maximum Gasteiger partial charge on any atom is 0.278 e. The van der Waals surface area contributed by atoms with Crippen LogP contribution in [-0.4, -0.2) is 52.2 Å². The molecule has 0 saturated carbocycles. The number of ketones is 1. The predicted octanol–water partition coefficient (Wildman–Crippen LogP) is 1.65. The molecule has 11 heteroatoms. The van der Waals surface area contributed by atoms with Crippen molar-refractivity contribution in [2.24, 2.45) is 0 Å². The van der Waals surface area contributed by atoms with Crippen molar-refractivity contribution in [1.82, 2.24) is 25.5 Å². The quantitative estimate of drug-likeness (QED) is 0.271. The number of hydrogen-bond donors (Lipinski definition) is 4. The number of fused-ring (bicyclic) bond motifs is 1. The fourth-order valence-electron chi connectivity index (χ4n) is 5.40. The first-order chi connectivity index (χ1) is 20.2. The highest BCUT2D eigenvalue weighted by Gasteiger charge is 2.32. The van der Waals surface area contributed by atoms with Gasteiger partial charge in [0.15, 0.2) is 5.78 Å². The van der Waals surface area contributed by atoms with Gasteiger partial charge in [-0.25, -0.2) is 4.98 Å². The third kappa shape index (κ3) is 6.15.